The SMILES string of the molecule is CC1CN(C(=O)c2nnc(Cl)s2)CCCO1. The molecule has 5 nitrogen and oxygen atoms in total. The van der Waals surface area contributed by atoms with Crippen LogP contribution in [0.15, 0.2) is 0 Å². The lowest BCUT2D eigenvalue weighted by atomic mass is 10.3. The Kier molecular flexibility index (Phi) is 3.73. The van der Waals surface area contributed by atoms with Crippen LogP contribution in [0.1, 0.15) is 23.1 Å². The summed E-state index contributed by atoms with van der Waals surface area (Å²) in [5.41, 5.74) is 0. The van der Waals surface area contributed by atoms with Crippen LogP contribution in [0.5, 0.6) is 0 Å². The van der Waals surface area contributed by atoms with Crippen molar-refractivity contribution in [2.75, 3.05) is 19.7 Å². The highest BCUT2D eigenvalue weighted by Gasteiger charge is 2.23. The maximum Gasteiger partial charge on any atom is 0.284 e. The van der Waals surface area contributed by atoms with Crippen molar-refractivity contribution in [1.29, 1.82) is 0 Å². The van der Waals surface area contributed by atoms with Gasteiger partial charge in [-0.2, -0.15) is 0 Å². The van der Waals surface area contributed by atoms with Crippen molar-refractivity contribution in [2.45, 2.75) is 19.4 Å². The van der Waals surface area contributed by atoms with Crippen LogP contribution in [0.25, 0.3) is 0 Å². The quantitative estimate of drug-likeness (QED) is 0.768. The van der Waals surface area contributed by atoms with Gasteiger partial charge in [0.1, 0.15) is 0 Å². The topological polar surface area (TPSA) is 55.3 Å². The largest absolute Gasteiger partial charge is 0.377 e. The lowest BCUT2D eigenvalue weighted by Crippen LogP contribution is -2.35. The van der Waals surface area contributed by atoms with E-state index in [1.165, 1.54) is 0 Å². The molecule has 1 aromatic rings. The molecule has 0 saturated carbocycles. The maximum absolute atomic E-state index is 12.0. The van der Waals surface area contributed by atoms with E-state index in [1.807, 2.05) is 6.92 Å². The molecular formula is C9H12ClN3O2S. The first-order valence-corrected chi connectivity index (χ1v) is 6.26. The summed E-state index contributed by atoms with van der Waals surface area (Å²) >= 11 is 6.76. The molecule has 16 heavy (non-hydrogen) atoms. The fourth-order valence-corrected chi connectivity index (χ4v) is 2.40. The Hall–Kier alpha value is -0.720. The van der Waals surface area contributed by atoms with E-state index in [1.54, 1.807) is 4.90 Å². The van der Waals surface area contributed by atoms with E-state index in [0.717, 1.165) is 17.8 Å². The summed E-state index contributed by atoms with van der Waals surface area (Å²) in [6.45, 7) is 3.94. The normalized spacial score (nSPS) is 21.9. The molecule has 0 aliphatic carbocycles. The van der Waals surface area contributed by atoms with Gasteiger partial charge in [-0.1, -0.05) is 11.3 Å². The van der Waals surface area contributed by atoms with E-state index in [0.29, 0.717) is 29.2 Å². The summed E-state index contributed by atoms with van der Waals surface area (Å²) in [7, 11) is 0. The summed E-state index contributed by atoms with van der Waals surface area (Å²) < 4.78 is 5.77. The number of nitrogens with zero attached hydrogens (tertiary/aromatic N) is 3. The van der Waals surface area contributed by atoms with Crippen LogP contribution in [0.3, 0.4) is 0 Å². The zero-order valence-electron chi connectivity index (χ0n) is 8.85. The van der Waals surface area contributed by atoms with E-state index in [9.17, 15) is 4.79 Å². The van der Waals surface area contributed by atoms with E-state index in [-0.39, 0.29) is 12.0 Å². The zero-order valence-corrected chi connectivity index (χ0v) is 10.4. The molecule has 2 heterocycles. The number of carbonyl (C=O) groups excluding carboxylic acids is 1. The molecule has 1 unspecified atom stereocenters. The van der Waals surface area contributed by atoms with Gasteiger partial charge in [-0.15, -0.1) is 10.2 Å². The van der Waals surface area contributed by atoms with Gasteiger partial charge in [0.25, 0.3) is 5.91 Å². The third kappa shape index (κ3) is 2.69. The molecule has 0 spiro atoms. The number of hydrogen-bond donors (Lipinski definition) is 0. The van der Waals surface area contributed by atoms with Crippen molar-refractivity contribution in [3.8, 4) is 0 Å². The van der Waals surface area contributed by atoms with Crippen LogP contribution >= 0.6 is 22.9 Å². The standard InChI is InChI=1S/C9H12ClN3O2S/c1-6-5-13(3-2-4-15-6)8(14)7-11-12-9(10)16-7/h6H,2-5H2,1H3. The number of carbonyl (C=O) groups is 1. The summed E-state index contributed by atoms with van der Waals surface area (Å²) in [6.07, 6.45) is 0.914. The first-order chi connectivity index (χ1) is 7.66. The lowest BCUT2D eigenvalue weighted by molar-refractivity contribution is 0.0562. The minimum absolute atomic E-state index is 0.0647. The maximum atomic E-state index is 12.0. The molecule has 0 radical (unpaired) electrons. The average molecular weight is 262 g/mol. The van der Waals surface area contributed by atoms with Gasteiger partial charge >= 0.3 is 0 Å². The van der Waals surface area contributed by atoms with Crippen LogP contribution in [-0.4, -0.2) is 46.8 Å². The smallest absolute Gasteiger partial charge is 0.284 e. The molecule has 1 saturated heterocycles. The van der Waals surface area contributed by atoms with Crippen molar-refractivity contribution >= 4 is 28.8 Å². The Morgan fingerprint density at radius 3 is 3.12 bits per heavy atom. The molecule has 1 atom stereocenters. The summed E-state index contributed by atoms with van der Waals surface area (Å²) in [5, 5.41) is 7.73. The van der Waals surface area contributed by atoms with E-state index >= 15 is 0 Å². The molecule has 1 amide bonds. The first kappa shape index (κ1) is 11.8. The van der Waals surface area contributed by atoms with Crippen LogP contribution < -0.4 is 0 Å². The number of ether oxygens (including phenoxy) is 1. The van der Waals surface area contributed by atoms with Crippen LogP contribution in [-0.2, 0) is 4.74 Å². The summed E-state index contributed by atoms with van der Waals surface area (Å²) in [4.78, 5) is 13.8. The van der Waals surface area contributed by atoms with Gasteiger partial charge in [0, 0.05) is 19.7 Å². The highest BCUT2D eigenvalue weighted by Crippen LogP contribution is 2.18. The number of rotatable bonds is 1. The molecule has 88 valence electrons. The fourth-order valence-electron chi connectivity index (χ4n) is 1.61. The predicted molar refractivity (Wildman–Crippen MR) is 60.9 cm³/mol. The summed E-state index contributed by atoms with van der Waals surface area (Å²) in [5.74, 6) is -0.109. The van der Waals surface area contributed by atoms with Crippen molar-refractivity contribution < 1.29 is 9.53 Å². The molecule has 0 bridgehead atoms. The number of amides is 1. The molecule has 1 fully saturated rings. The number of hydrogen-bond acceptors (Lipinski definition) is 5. The molecule has 0 N–H and O–H groups in total. The van der Waals surface area contributed by atoms with Crippen LogP contribution in [0, 0.1) is 0 Å². The molecule has 1 aliphatic rings. The van der Waals surface area contributed by atoms with Crippen molar-refractivity contribution in [2.24, 2.45) is 0 Å². The van der Waals surface area contributed by atoms with Crippen molar-refractivity contribution in [1.82, 2.24) is 15.1 Å². The van der Waals surface area contributed by atoms with Crippen LogP contribution in [0.4, 0.5) is 0 Å². The van der Waals surface area contributed by atoms with Gasteiger partial charge in [0.05, 0.1) is 6.10 Å². The Bertz CT molecular complexity index is 385. The van der Waals surface area contributed by atoms with E-state index < -0.39 is 0 Å². The van der Waals surface area contributed by atoms with E-state index in [2.05, 4.69) is 10.2 Å². The second-order valence-electron chi connectivity index (χ2n) is 3.65. The monoisotopic (exact) mass is 261 g/mol. The van der Waals surface area contributed by atoms with Gasteiger partial charge in [-0.3, -0.25) is 4.79 Å². The van der Waals surface area contributed by atoms with Crippen LogP contribution in [0.2, 0.25) is 4.47 Å². The highest BCUT2D eigenvalue weighted by molar-refractivity contribution is 7.17. The average Bonchev–Trinajstić information content (AvgIpc) is 2.56. The Labute approximate surface area is 102 Å². The van der Waals surface area contributed by atoms with Gasteiger partial charge < -0.3 is 9.64 Å². The van der Waals surface area contributed by atoms with Gasteiger partial charge in [-0.05, 0) is 24.9 Å². The molecule has 2 rings (SSSR count). The zero-order chi connectivity index (χ0) is 11.5. The predicted octanol–water partition coefficient (Wildman–Crippen LogP) is 1.44. The second-order valence-corrected chi connectivity index (χ2v) is 5.21. The minimum atomic E-state index is -0.109. The van der Waals surface area contributed by atoms with E-state index in [4.69, 9.17) is 16.3 Å². The summed E-state index contributed by atoms with van der Waals surface area (Å²) in [6, 6.07) is 0. The Balaban J connectivity index is 2.08. The van der Waals surface area contributed by atoms with Crippen molar-refractivity contribution in [3.05, 3.63) is 9.47 Å². The first-order valence-electron chi connectivity index (χ1n) is 5.06. The molecule has 0 aromatic carbocycles. The van der Waals surface area contributed by atoms with Crippen molar-refractivity contribution in [3.63, 3.8) is 0 Å². The minimum Gasteiger partial charge on any atom is -0.377 e. The molecule has 1 aliphatic heterocycles. The second kappa shape index (κ2) is 5.07. The molecular weight excluding hydrogens is 250 g/mol. The fraction of sp³-hybridized carbons (Fsp3) is 0.667. The van der Waals surface area contributed by atoms with Gasteiger partial charge in [-0.25, -0.2) is 0 Å². The molecule has 1 aromatic heterocycles. The Morgan fingerprint density at radius 1 is 1.62 bits per heavy atom. The Morgan fingerprint density at radius 2 is 2.44 bits per heavy atom. The number of halogens is 1. The third-order valence-electron chi connectivity index (χ3n) is 2.32. The third-order valence-corrected chi connectivity index (χ3v) is 3.33. The molecule has 7 heteroatoms. The van der Waals surface area contributed by atoms with Gasteiger partial charge in [0.15, 0.2) is 0 Å². The highest BCUT2D eigenvalue weighted by atomic mass is 35.5. The van der Waals surface area contributed by atoms with Gasteiger partial charge in [0.2, 0.25) is 9.47 Å². The number of aromatic nitrogens is 2. The lowest BCUT2D eigenvalue weighted by Gasteiger charge is -2.20.